The number of aliphatic carboxylic acids is 1. The van der Waals surface area contributed by atoms with Gasteiger partial charge in [-0.2, -0.15) is 0 Å². The van der Waals surface area contributed by atoms with Gasteiger partial charge in [-0.25, -0.2) is 0 Å². The van der Waals surface area contributed by atoms with E-state index in [1.165, 1.54) is 6.26 Å². The van der Waals surface area contributed by atoms with Crippen LogP contribution in [0.3, 0.4) is 0 Å². The molecule has 0 fully saturated rings. The van der Waals surface area contributed by atoms with Crippen molar-refractivity contribution in [2.24, 2.45) is 0 Å². The summed E-state index contributed by atoms with van der Waals surface area (Å²) < 4.78 is 10.7. The average molecular weight is 377 g/mol. The molecule has 1 N–H and O–H groups in total. The van der Waals surface area contributed by atoms with Crippen LogP contribution in [0, 0.1) is 0 Å². The summed E-state index contributed by atoms with van der Waals surface area (Å²) in [6.45, 7) is 0.256. The molecule has 28 heavy (non-hydrogen) atoms. The van der Waals surface area contributed by atoms with Gasteiger partial charge in [0.1, 0.15) is 23.5 Å². The van der Waals surface area contributed by atoms with Gasteiger partial charge in [-0.15, -0.1) is 0 Å². The van der Waals surface area contributed by atoms with E-state index in [2.05, 4.69) is 0 Å². The number of nitrogens with zero attached hydrogens (tertiary/aromatic N) is 1. The maximum Gasteiger partial charge on any atom is 0.313 e. The van der Waals surface area contributed by atoms with Crippen molar-refractivity contribution in [3.63, 3.8) is 0 Å². The second-order valence-corrected chi connectivity index (χ2v) is 6.64. The summed E-state index contributed by atoms with van der Waals surface area (Å²) in [5.74, 6) is -0.974. The molecule has 142 valence electrons. The van der Waals surface area contributed by atoms with E-state index >= 15 is 0 Å². The minimum atomic E-state index is -0.999. The number of rotatable bonds is 5. The Labute approximate surface area is 162 Å². The molecular weight excluding hydrogens is 358 g/mol. The molecule has 0 saturated heterocycles. The van der Waals surface area contributed by atoms with E-state index in [9.17, 15) is 14.7 Å². The smallest absolute Gasteiger partial charge is 0.313 e. The van der Waals surface area contributed by atoms with Crippen LogP contribution in [0.2, 0.25) is 0 Å². The third kappa shape index (κ3) is 3.03. The normalized spacial score (nSPS) is 18.6. The SMILES string of the molecule is COc1ccc(CN2C(=O)c3ccccc3C(C(=O)O)C2c2ccco2)cc1. The molecular formula is C22H19NO5. The van der Waals surface area contributed by atoms with Crippen molar-refractivity contribution in [3.8, 4) is 5.75 Å². The van der Waals surface area contributed by atoms with Crippen molar-refractivity contribution < 1.29 is 23.8 Å². The van der Waals surface area contributed by atoms with Crippen LogP contribution in [0.15, 0.2) is 71.3 Å². The largest absolute Gasteiger partial charge is 0.497 e. The molecule has 6 heteroatoms. The number of benzene rings is 2. The Kier molecular flexibility index (Phi) is 4.61. The van der Waals surface area contributed by atoms with Crippen molar-refractivity contribution in [1.29, 1.82) is 0 Å². The number of methoxy groups -OCH3 is 1. The maximum atomic E-state index is 13.3. The second kappa shape index (κ2) is 7.23. The van der Waals surface area contributed by atoms with Crippen LogP contribution in [0.4, 0.5) is 0 Å². The molecule has 1 aliphatic rings. The van der Waals surface area contributed by atoms with Crippen LogP contribution in [0.1, 0.15) is 39.2 Å². The predicted octanol–water partition coefficient (Wildman–Crippen LogP) is 3.85. The fraction of sp³-hybridized carbons (Fsp3) is 0.182. The van der Waals surface area contributed by atoms with Crippen molar-refractivity contribution in [2.75, 3.05) is 7.11 Å². The highest BCUT2D eigenvalue weighted by molar-refractivity contribution is 6.00. The summed E-state index contributed by atoms with van der Waals surface area (Å²) in [5, 5.41) is 10.00. The van der Waals surface area contributed by atoms with Crippen LogP contribution in [-0.4, -0.2) is 29.0 Å². The molecule has 0 aliphatic carbocycles. The Balaban J connectivity index is 1.81. The van der Waals surface area contributed by atoms with Gasteiger partial charge in [0.25, 0.3) is 5.91 Å². The standard InChI is InChI=1S/C22H19NO5/c1-27-15-10-8-14(9-11-15)13-23-20(18-7-4-12-28-18)19(22(25)26)16-5-2-3-6-17(16)21(23)24/h2-12,19-20H,13H2,1H3,(H,25,26). The molecule has 0 radical (unpaired) electrons. The number of furan rings is 1. The Bertz CT molecular complexity index is 994. The lowest BCUT2D eigenvalue weighted by Gasteiger charge is -2.39. The van der Waals surface area contributed by atoms with E-state index in [1.54, 1.807) is 48.4 Å². The topological polar surface area (TPSA) is 80.0 Å². The highest BCUT2D eigenvalue weighted by Gasteiger charge is 2.45. The molecule has 4 rings (SSSR count). The Morgan fingerprint density at radius 1 is 1.11 bits per heavy atom. The van der Waals surface area contributed by atoms with Gasteiger partial charge in [-0.3, -0.25) is 9.59 Å². The van der Waals surface area contributed by atoms with Crippen LogP contribution < -0.4 is 4.74 Å². The third-order valence-electron chi connectivity index (χ3n) is 5.05. The molecule has 2 heterocycles. The average Bonchev–Trinajstić information content (AvgIpc) is 3.24. The molecule has 0 spiro atoms. The van der Waals surface area contributed by atoms with Crippen molar-refractivity contribution >= 4 is 11.9 Å². The van der Waals surface area contributed by atoms with Crippen molar-refractivity contribution in [3.05, 3.63) is 89.4 Å². The predicted molar refractivity (Wildman–Crippen MR) is 101 cm³/mol. The van der Waals surface area contributed by atoms with Gasteiger partial charge in [-0.1, -0.05) is 30.3 Å². The zero-order chi connectivity index (χ0) is 19.7. The number of carbonyl (C=O) groups is 2. The number of carboxylic acids is 1. The first-order valence-corrected chi connectivity index (χ1v) is 8.89. The molecule has 1 aromatic heterocycles. The van der Waals surface area contributed by atoms with E-state index in [-0.39, 0.29) is 12.5 Å². The van der Waals surface area contributed by atoms with Crippen LogP contribution in [0.25, 0.3) is 0 Å². The number of hydrogen-bond acceptors (Lipinski definition) is 4. The van der Waals surface area contributed by atoms with Gasteiger partial charge in [-0.05, 0) is 41.5 Å². The first-order valence-electron chi connectivity index (χ1n) is 8.89. The summed E-state index contributed by atoms with van der Waals surface area (Å²) >= 11 is 0. The molecule has 2 atom stereocenters. The van der Waals surface area contributed by atoms with Gasteiger partial charge < -0.3 is 19.2 Å². The van der Waals surface area contributed by atoms with E-state index in [4.69, 9.17) is 9.15 Å². The Morgan fingerprint density at radius 3 is 2.50 bits per heavy atom. The molecule has 1 aliphatic heterocycles. The summed E-state index contributed by atoms with van der Waals surface area (Å²) in [6.07, 6.45) is 1.49. The van der Waals surface area contributed by atoms with E-state index in [0.29, 0.717) is 22.6 Å². The summed E-state index contributed by atoms with van der Waals surface area (Å²) in [6, 6.07) is 16.9. The lowest BCUT2D eigenvalue weighted by molar-refractivity contribution is -0.141. The molecule has 1 amide bonds. The first kappa shape index (κ1) is 17.9. The molecule has 2 unspecified atom stereocenters. The fourth-order valence-corrected chi connectivity index (χ4v) is 3.74. The highest BCUT2D eigenvalue weighted by atomic mass is 16.5. The second-order valence-electron chi connectivity index (χ2n) is 6.64. The summed E-state index contributed by atoms with van der Waals surface area (Å²) in [7, 11) is 1.59. The summed E-state index contributed by atoms with van der Waals surface area (Å²) in [5.41, 5.74) is 1.79. The molecule has 3 aromatic rings. The van der Waals surface area contributed by atoms with Gasteiger partial charge in [0.2, 0.25) is 0 Å². The van der Waals surface area contributed by atoms with Gasteiger partial charge in [0.15, 0.2) is 0 Å². The van der Waals surface area contributed by atoms with Crippen LogP contribution in [-0.2, 0) is 11.3 Å². The monoisotopic (exact) mass is 377 g/mol. The van der Waals surface area contributed by atoms with Crippen LogP contribution >= 0.6 is 0 Å². The number of amides is 1. The van der Waals surface area contributed by atoms with Gasteiger partial charge in [0, 0.05) is 12.1 Å². The number of carbonyl (C=O) groups excluding carboxylic acids is 1. The number of fused-ring (bicyclic) bond motifs is 1. The minimum absolute atomic E-state index is 0.217. The molecule has 6 nitrogen and oxygen atoms in total. The Morgan fingerprint density at radius 2 is 1.86 bits per heavy atom. The molecule has 0 saturated carbocycles. The highest BCUT2D eigenvalue weighted by Crippen LogP contribution is 2.43. The molecule has 0 bridgehead atoms. The van der Waals surface area contributed by atoms with Crippen molar-refractivity contribution in [1.82, 2.24) is 4.90 Å². The Hall–Kier alpha value is -3.54. The zero-order valence-corrected chi connectivity index (χ0v) is 15.2. The number of hydrogen-bond donors (Lipinski definition) is 1. The van der Waals surface area contributed by atoms with Gasteiger partial charge >= 0.3 is 5.97 Å². The van der Waals surface area contributed by atoms with Crippen molar-refractivity contribution in [2.45, 2.75) is 18.5 Å². The van der Waals surface area contributed by atoms with E-state index < -0.39 is 17.9 Å². The molecule has 2 aromatic carbocycles. The lowest BCUT2D eigenvalue weighted by atomic mass is 9.81. The number of carboxylic acid groups (broad SMARTS) is 1. The van der Waals surface area contributed by atoms with E-state index in [0.717, 1.165) is 5.56 Å². The number of ether oxygens (including phenoxy) is 1. The quantitative estimate of drug-likeness (QED) is 0.730. The van der Waals surface area contributed by atoms with Crippen LogP contribution in [0.5, 0.6) is 5.75 Å². The summed E-state index contributed by atoms with van der Waals surface area (Å²) in [4.78, 5) is 27.1. The van der Waals surface area contributed by atoms with E-state index in [1.807, 2.05) is 24.3 Å². The first-order chi connectivity index (χ1) is 13.6. The maximum absolute atomic E-state index is 13.3. The minimum Gasteiger partial charge on any atom is -0.497 e. The fourth-order valence-electron chi connectivity index (χ4n) is 3.74. The lowest BCUT2D eigenvalue weighted by Crippen LogP contribution is -2.44. The third-order valence-corrected chi connectivity index (χ3v) is 5.05. The van der Waals surface area contributed by atoms with Gasteiger partial charge in [0.05, 0.1) is 13.4 Å². The zero-order valence-electron chi connectivity index (χ0n) is 15.2.